The Balaban J connectivity index is 2.09. The number of hydrogen-bond acceptors (Lipinski definition) is 3. The van der Waals surface area contributed by atoms with E-state index in [9.17, 15) is 0 Å². The first kappa shape index (κ1) is 14.5. The van der Waals surface area contributed by atoms with Crippen molar-refractivity contribution >= 4 is 5.84 Å². The lowest BCUT2D eigenvalue weighted by Gasteiger charge is -2.13. The van der Waals surface area contributed by atoms with Crippen LogP contribution in [0, 0.1) is 0 Å². The molecule has 4 N–H and O–H groups in total. The SMILES string of the molecule is CC(CCc1ccccc1)NCCC/C(N)=N/O. The molecule has 1 rings (SSSR count). The van der Waals surface area contributed by atoms with Crippen LogP contribution in [-0.4, -0.2) is 23.6 Å². The molecule has 0 aliphatic rings. The van der Waals surface area contributed by atoms with Crippen LogP contribution in [0.2, 0.25) is 0 Å². The Labute approximate surface area is 109 Å². The largest absolute Gasteiger partial charge is 0.409 e. The number of hydrogen-bond donors (Lipinski definition) is 3. The van der Waals surface area contributed by atoms with Gasteiger partial charge in [-0.2, -0.15) is 0 Å². The van der Waals surface area contributed by atoms with Gasteiger partial charge in [0.2, 0.25) is 0 Å². The molecule has 4 nitrogen and oxygen atoms in total. The van der Waals surface area contributed by atoms with Gasteiger partial charge in [-0.05, 0) is 38.3 Å². The predicted molar refractivity (Wildman–Crippen MR) is 74.9 cm³/mol. The molecular weight excluding hydrogens is 226 g/mol. The van der Waals surface area contributed by atoms with Crippen LogP contribution in [-0.2, 0) is 6.42 Å². The number of nitrogens with zero attached hydrogens (tertiary/aromatic N) is 1. The van der Waals surface area contributed by atoms with E-state index in [0.717, 1.165) is 25.8 Å². The molecule has 4 heteroatoms. The van der Waals surface area contributed by atoms with Crippen LogP contribution in [0.3, 0.4) is 0 Å². The Bertz CT molecular complexity index is 351. The first-order valence-corrected chi connectivity index (χ1v) is 6.46. The topological polar surface area (TPSA) is 70.6 Å². The Morgan fingerprint density at radius 3 is 2.78 bits per heavy atom. The fourth-order valence-electron chi connectivity index (χ4n) is 1.80. The van der Waals surface area contributed by atoms with Crippen molar-refractivity contribution in [1.29, 1.82) is 0 Å². The highest BCUT2D eigenvalue weighted by atomic mass is 16.4. The third-order valence-electron chi connectivity index (χ3n) is 2.94. The third kappa shape index (κ3) is 6.25. The zero-order chi connectivity index (χ0) is 13.2. The van der Waals surface area contributed by atoms with Gasteiger partial charge in [-0.3, -0.25) is 0 Å². The molecule has 1 aromatic carbocycles. The number of nitrogens with one attached hydrogen (secondary N) is 1. The summed E-state index contributed by atoms with van der Waals surface area (Å²) in [5.74, 6) is 0.300. The zero-order valence-corrected chi connectivity index (χ0v) is 11.0. The van der Waals surface area contributed by atoms with Gasteiger partial charge >= 0.3 is 0 Å². The molecule has 0 aromatic heterocycles. The summed E-state index contributed by atoms with van der Waals surface area (Å²) in [6.07, 6.45) is 3.74. The molecule has 100 valence electrons. The van der Waals surface area contributed by atoms with Gasteiger partial charge in [-0.25, -0.2) is 0 Å². The number of oxime groups is 1. The van der Waals surface area contributed by atoms with Crippen molar-refractivity contribution in [1.82, 2.24) is 5.32 Å². The monoisotopic (exact) mass is 249 g/mol. The summed E-state index contributed by atoms with van der Waals surface area (Å²) in [5, 5.41) is 14.8. The van der Waals surface area contributed by atoms with E-state index < -0.39 is 0 Å². The molecule has 0 fully saturated rings. The van der Waals surface area contributed by atoms with Crippen molar-refractivity contribution in [3.05, 3.63) is 35.9 Å². The van der Waals surface area contributed by atoms with E-state index in [2.05, 4.69) is 41.7 Å². The molecule has 0 aliphatic heterocycles. The molecular formula is C14H23N3O. The predicted octanol–water partition coefficient (Wildman–Crippen LogP) is 2.12. The van der Waals surface area contributed by atoms with Crippen molar-refractivity contribution in [3.8, 4) is 0 Å². The van der Waals surface area contributed by atoms with E-state index in [1.807, 2.05) is 6.07 Å². The van der Waals surface area contributed by atoms with Crippen LogP contribution >= 0.6 is 0 Å². The summed E-state index contributed by atoms with van der Waals surface area (Å²) in [4.78, 5) is 0. The first-order valence-electron chi connectivity index (χ1n) is 6.46. The summed E-state index contributed by atoms with van der Waals surface area (Å²) in [6, 6.07) is 11.0. The Hall–Kier alpha value is -1.55. The van der Waals surface area contributed by atoms with E-state index in [4.69, 9.17) is 10.9 Å². The van der Waals surface area contributed by atoms with Gasteiger partial charge in [0.25, 0.3) is 0 Å². The molecule has 0 saturated carbocycles. The molecule has 1 aromatic rings. The maximum absolute atomic E-state index is 8.40. The second-order valence-electron chi connectivity index (χ2n) is 4.57. The molecule has 0 amide bonds. The van der Waals surface area contributed by atoms with E-state index >= 15 is 0 Å². The minimum atomic E-state index is 0.300. The van der Waals surface area contributed by atoms with Crippen LogP contribution in [0.4, 0.5) is 0 Å². The van der Waals surface area contributed by atoms with Crippen LogP contribution < -0.4 is 11.1 Å². The van der Waals surface area contributed by atoms with Gasteiger partial charge in [-0.1, -0.05) is 35.5 Å². The third-order valence-corrected chi connectivity index (χ3v) is 2.94. The van der Waals surface area contributed by atoms with E-state index in [1.165, 1.54) is 5.56 Å². The highest BCUT2D eigenvalue weighted by molar-refractivity contribution is 5.79. The van der Waals surface area contributed by atoms with E-state index in [1.54, 1.807) is 0 Å². The van der Waals surface area contributed by atoms with Gasteiger partial charge in [-0.15, -0.1) is 0 Å². The lowest BCUT2D eigenvalue weighted by Crippen LogP contribution is -2.28. The van der Waals surface area contributed by atoms with Crippen molar-refractivity contribution in [2.75, 3.05) is 6.54 Å². The second kappa shape index (κ2) is 8.53. The second-order valence-corrected chi connectivity index (χ2v) is 4.57. The van der Waals surface area contributed by atoms with Gasteiger partial charge < -0.3 is 16.3 Å². The summed E-state index contributed by atoms with van der Waals surface area (Å²) < 4.78 is 0. The standard InChI is InChI=1S/C14H23N3O/c1-12(16-11-5-8-14(15)17-18)9-10-13-6-3-2-4-7-13/h2-4,6-7,12,16,18H,5,8-11H2,1H3,(H2,15,17). The average Bonchev–Trinajstić information content (AvgIpc) is 2.42. The number of benzene rings is 1. The molecule has 0 aliphatic carbocycles. The molecule has 1 atom stereocenters. The number of amidine groups is 1. The summed E-state index contributed by atoms with van der Waals surface area (Å²) in [5.41, 5.74) is 6.77. The zero-order valence-electron chi connectivity index (χ0n) is 11.0. The molecule has 0 bridgehead atoms. The summed E-state index contributed by atoms with van der Waals surface area (Å²) in [6.45, 7) is 3.08. The van der Waals surface area contributed by atoms with Gasteiger partial charge in [0, 0.05) is 12.5 Å². The molecule has 0 heterocycles. The number of aryl methyl sites for hydroxylation is 1. The van der Waals surface area contributed by atoms with E-state index in [0.29, 0.717) is 18.3 Å². The van der Waals surface area contributed by atoms with Crippen LogP contribution in [0.5, 0.6) is 0 Å². The maximum Gasteiger partial charge on any atom is 0.139 e. The number of nitrogens with two attached hydrogens (primary N) is 1. The Kier molecular flexibility index (Phi) is 6.87. The van der Waals surface area contributed by atoms with Crippen molar-refractivity contribution in [2.45, 2.75) is 38.6 Å². The molecule has 1 unspecified atom stereocenters. The van der Waals surface area contributed by atoms with Gasteiger partial charge in [0.15, 0.2) is 0 Å². The fourth-order valence-corrected chi connectivity index (χ4v) is 1.80. The van der Waals surface area contributed by atoms with Crippen LogP contribution in [0.15, 0.2) is 35.5 Å². The highest BCUT2D eigenvalue weighted by Crippen LogP contribution is 2.04. The van der Waals surface area contributed by atoms with Crippen molar-refractivity contribution in [3.63, 3.8) is 0 Å². The average molecular weight is 249 g/mol. The van der Waals surface area contributed by atoms with Gasteiger partial charge in [0.05, 0.1) is 0 Å². The maximum atomic E-state index is 8.40. The van der Waals surface area contributed by atoms with E-state index in [-0.39, 0.29) is 0 Å². The van der Waals surface area contributed by atoms with Crippen LogP contribution in [0.25, 0.3) is 0 Å². The minimum Gasteiger partial charge on any atom is -0.409 e. The van der Waals surface area contributed by atoms with Crippen molar-refractivity contribution < 1.29 is 5.21 Å². The molecule has 0 saturated heterocycles. The fraction of sp³-hybridized carbons (Fsp3) is 0.500. The Morgan fingerprint density at radius 2 is 2.11 bits per heavy atom. The summed E-state index contributed by atoms with van der Waals surface area (Å²) >= 11 is 0. The van der Waals surface area contributed by atoms with Crippen LogP contribution in [0.1, 0.15) is 31.7 Å². The lowest BCUT2D eigenvalue weighted by atomic mass is 10.1. The normalized spacial score (nSPS) is 13.5. The summed E-state index contributed by atoms with van der Waals surface area (Å²) in [7, 11) is 0. The van der Waals surface area contributed by atoms with Crippen molar-refractivity contribution in [2.24, 2.45) is 10.9 Å². The lowest BCUT2D eigenvalue weighted by molar-refractivity contribution is 0.316. The molecule has 0 radical (unpaired) electrons. The Morgan fingerprint density at radius 1 is 1.39 bits per heavy atom. The molecule has 18 heavy (non-hydrogen) atoms. The molecule has 0 spiro atoms. The van der Waals surface area contributed by atoms with Gasteiger partial charge in [0.1, 0.15) is 5.84 Å². The minimum absolute atomic E-state index is 0.300. The first-order chi connectivity index (χ1) is 8.72. The smallest absolute Gasteiger partial charge is 0.139 e. The quantitative estimate of drug-likeness (QED) is 0.217. The highest BCUT2D eigenvalue weighted by Gasteiger charge is 2.02. The number of rotatable bonds is 8.